The van der Waals surface area contributed by atoms with E-state index in [2.05, 4.69) is 4.74 Å². The van der Waals surface area contributed by atoms with Gasteiger partial charge >= 0.3 is 5.97 Å². The van der Waals surface area contributed by atoms with E-state index in [-0.39, 0.29) is 12.4 Å². The fraction of sp³-hybridized carbons (Fsp3) is 0.250. The highest BCUT2D eigenvalue weighted by Gasteiger charge is 2.10. The normalized spacial score (nSPS) is 10.4. The number of nitro groups is 1. The minimum atomic E-state index is -0.570. The van der Waals surface area contributed by atoms with E-state index in [1.54, 1.807) is 6.07 Å². The first-order valence-electron chi connectivity index (χ1n) is 5.26. The summed E-state index contributed by atoms with van der Waals surface area (Å²) >= 11 is 0. The minimum absolute atomic E-state index is 0.174. The number of hydrogen-bond acceptors (Lipinski definition) is 6. The number of benzene rings is 1. The fourth-order valence-corrected chi connectivity index (χ4v) is 1.29. The number of ether oxygens (including phenoxy) is 3. The molecule has 0 unspecified atom stereocenters. The molecule has 0 radical (unpaired) electrons. The molecule has 0 fully saturated rings. The van der Waals surface area contributed by atoms with Crippen molar-refractivity contribution < 1.29 is 23.9 Å². The van der Waals surface area contributed by atoms with Crippen LogP contribution in [-0.4, -0.2) is 31.7 Å². The highest BCUT2D eigenvalue weighted by molar-refractivity contribution is 5.74. The molecule has 102 valence electrons. The van der Waals surface area contributed by atoms with Crippen LogP contribution in [0, 0.1) is 10.1 Å². The monoisotopic (exact) mass is 267 g/mol. The fourth-order valence-electron chi connectivity index (χ4n) is 1.29. The van der Waals surface area contributed by atoms with Gasteiger partial charge in [-0.05, 0) is 17.7 Å². The maximum atomic E-state index is 11.3. The Bertz CT molecular complexity index is 497. The molecular weight excluding hydrogens is 254 g/mol. The Morgan fingerprint density at radius 3 is 2.68 bits per heavy atom. The van der Waals surface area contributed by atoms with Crippen molar-refractivity contribution in [3.63, 3.8) is 0 Å². The molecule has 0 aliphatic heterocycles. The second-order valence-corrected chi connectivity index (χ2v) is 3.42. The Morgan fingerprint density at radius 1 is 1.37 bits per heavy atom. The molecule has 0 spiro atoms. The van der Waals surface area contributed by atoms with Crippen LogP contribution in [0.15, 0.2) is 24.4 Å². The number of nitrogens with zero attached hydrogens (tertiary/aromatic N) is 1. The van der Waals surface area contributed by atoms with Gasteiger partial charge in [-0.25, -0.2) is 4.79 Å². The first-order valence-corrected chi connectivity index (χ1v) is 5.26. The zero-order valence-electron chi connectivity index (χ0n) is 10.5. The van der Waals surface area contributed by atoms with Gasteiger partial charge in [0.15, 0.2) is 11.5 Å². The van der Waals surface area contributed by atoms with Crippen LogP contribution in [0.2, 0.25) is 0 Å². The Labute approximate surface area is 109 Å². The summed E-state index contributed by atoms with van der Waals surface area (Å²) < 4.78 is 14.7. The van der Waals surface area contributed by atoms with Gasteiger partial charge in [0.25, 0.3) is 0 Å². The molecule has 7 nitrogen and oxygen atoms in total. The first-order chi connectivity index (χ1) is 9.06. The summed E-state index contributed by atoms with van der Waals surface area (Å²) in [5.74, 6) is -0.0351. The van der Waals surface area contributed by atoms with Crippen LogP contribution < -0.4 is 9.47 Å². The second-order valence-electron chi connectivity index (χ2n) is 3.42. The average molecular weight is 267 g/mol. The summed E-state index contributed by atoms with van der Waals surface area (Å²) in [5.41, 5.74) is 0.556. The summed E-state index contributed by atoms with van der Waals surface area (Å²) in [6, 6.07) is 4.58. The lowest BCUT2D eigenvalue weighted by Gasteiger charge is -2.09. The molecule has 1 aromatic carbocycles. The third-order valence-electron chi connectivity index (χ3n) is 2.06. The molecule has 1 rings (SSSR count). The van der Waals surface area contributed by atoms with Gasteiger partial charge in [0.1, 0.15) is 6.61 Å². The van der Waals surface area contributed by atoms with Gasteiger partial charge in [-0.2, -0.15) is 0 Å². The number of carbonyl (C=O) groups is 1. The zero-order chi connectivity index (χ0) is 14.3. The summed E-state index contributed by atoms with van der Waals surface area (Å²) in [6.45, 7) is -0.174. The van der Waals surface area contributed by atoms with Crippen molar-refractivity contribution in [3.8, 4) is 11.5 Å². The van der Waals surface area contributed by atoms with Crippen LogP contribution in [0.3, 0.4) is 0 Å². The van der Waals surface area contributed by atoms with E-state index in [0.717, 1.165) is 6.20 Å². The largest absolute Gasteiger partial charge is 0.493 e. The van der Waals surface area contributed by atoms with Crippen LogP contribution in [0.5, 0.6) is 11.5 Å². The van der Waals surface area contributed by atoms with Gasteiger partial charge in [0.05, 0.1) is 12.0 Å². The van der Waals surface area contributed by atoms with Crippen LogP contribution in [0.1, 0.15) is 5.56 Å². The van der Waals surface area contributed by atoms with Gasteiger partial charge in [-0.1, -0.05) is 6.07 Å². The van der Waals surface area contributed by atoms with Crippen LogP contribution in [0.4, 0.5) is 0 Å². The molecule has 1 aromatic rings. The highest BCUT2D eigenvalue weighted by atomic mass is 16.6. The van der Waals surface area contributed by atoms with Gasteiger partial charge < -0.3 is 14.2 Å². The number of esters is 1. The van der Waals surface area contributed by atoms with Gasteiger partial charge in [0, 0.05) is 13.2 Å². The molecule has 0 amide bonds. The van der Waals surface area contributed by atoms with Crippen LogP contribution >= 0.6 is 0 Å². The van der Waals surface area contributed by atoms with E-state index in [9.17, 15) is 14.9 Å². The third-order valence-corrected chi connectivity index (χ3v) is 2.06. The summed E-state index contributed by atoms with van der Waals surface area (Å²) in [6.07, 6.45) is 2.12. The Hall–Kier alpha value is -2.41. The van der Waals surface area contributed by atoms with Crippen molar-refractivity contribution in [2.24, 2.45) is 0 Å². The molecule has 0 saturated carbocycles. The van der Waals surface area contributed by atoms with Crippen LogP contribution in [0.25, 0.3) is 6.08 Å². The molecule has 0 aliphatic carbocycles. The van der Waals surface area contributed by atoms with Crippen molar-refractivity contribution in [3.05, 3.63) is 40.1 Å². The highest BCUT2D eigenvalue weighted by Crippen LogP contribution is 2.28. The predicted molar refractivity (Wildman–Crippen MR) is 66.5 cm³/mol. The average Bonchev–Trinajstić information content (AvgIpc) is 2.37. The minimum Gasteiger partial charge on any atom is -0.493 e. The Kier molecular flexibility index (Phi) is 5.49. The van der Waals surface area contributed by atoms with Gasteiger partial charge in [0.2, 0.25) is 6.20 Å². The SMILES string of the molecule is COCC(=O)Oc1ccc(/C=C/[N+](=O)[O-])cc1OC. The van der Waals surface area contributed by atoms with Crippen molar-refractivity contribution in [1.82, 2.24) is 0 Å². The van der Waals surface area contributed by atoms with E-state index in [0.29, 0.717) is 11.3 Å². The summed E-state index contributed by atoms with van der Waals surface area (Å²) in [5, 5.41) is 10.2. The first kappa shape index (κ1) is 14.7. The molecule has 0 aliphatic rings. The quantitative estimate of drug-likeness (QED) is 0.336. The van der Waals surface area contributed by atoms with Crippen molar-refractivity contribution in [2.75, 3.05) is 20.8 Å². The lowest BCUT2D eigenvalue weighted by atomic mass is 10.2. The lowest BCUT2D eigenvalue weighted by Crippen LogP contribution is -2.14. The standard InChI is InChI=1S/C12H13NO6/c1-17-8-12(14)19-10-4-3-9(5-6-13(15)16)7-11(10)18-2/h3-7H,8H2,1-2H3/b6-5+. The molecule has 0 atom stereocenters. The molecule has 0 saturated heterocycles. The van der Waals surface area contributed by atoms with Crippen molar-refractivity contribution in [1.29, 1.82) is 0 Å². The second kappa shape index (κ2) is 7.12. The van der Waals surface area contributed by atoms with E-state index < -0.39 is 10.9 Å². The number of hydrogen-bond donors (Lipinski definition) is 0. The van der Waals surface area contributed by atoms with Crippen molar-refractivity contribution >= 4 is 12.0 Å². The third kappa shape index (κ3) is 4.76. The van der Waals surface area contributed by atoms with Gasteiger partial charge in [-0.3, -0.25) is 10.1 Å². The molecular formula is C12H13NO6. The number of carbonyl (C=O) groups excluding carboxylic acids is 1. The van der Waals surface area contributed by atoms with E-state index >= 15 is 0 Å². The molecule has 19 heavy (non-hydrogen) atoms. The topological polar surface area (TPSA) is 87.9 Å². The summed E-state index contributed by atoms with van der Waals surface area (Å²) in [4.78, 5) is 20.9. The van der Waals surface area contributed by atoms with Crippen LogP contribution in [-0.2, 0) is 9.53 Å². The Morgan fingerprint density at radius 2 is 2.11 bits per heavy atom. The molecule has 0 heterocycles. The van der Waals surface area contributed by atoms with Crippen molar-refractivity contribution in [2.45, 2.75) is 0 Å². The van der Waals surface area contributed by atoms with Gasteiger partial charge in [-0.15, -0.1) is 0 Å². The van der Waals surface area contributed by atoms with E-state index in [1.807, 2.05) is 0 Å². The number of methoxy groups -OCH3 is 2. The maximum Gasteiger partial charge on any atom is 0.337 e. The zero-order valence-corrected chi connectivity index (χ0v) is 10.5. The lowest BCUT2D eigenvalue weighted by molar-refractivity contribution is -0.400. The molecule has 0 bridgehead atoms. The van der Waals surface area contributed by atoms with E-state index in [1.165, 1.54) is 32.4 Å². The molecule has 7 heteroatoms. The maximum absolute atomic E-state index is 11.3. The molecule has 0 aromatic heterocycles. The molecule has 0 N–H and O–H groups in total. The van der Waals surface area contributed by atoms with E-state index in [4.69, 9.17) is 9.47 Å². The predicted octanol–water partition coefficient (Wildman–Crippen LogP) is 1.49. The number of rotatable bonds is 6. The smallest absolute Gasteiger partial charge is 0.337 e. The summed E-state index contributed by atoms with van der Waals surface area (Å²) in [7, 11) is 2.79. The Balaban J connectivity index is 2.90.